The number of H-pyrrole nitrogens is 1. The SMILES string of the molecule is Cc1[nH]c(=O)c(Br)c(OCc2ccc(F)cc2F)c1Cc1cnc(CNC(=O)C2CCNCC2)cn1.Cl. The Morgan fingerprint density at radius 1 is 1.19 bits per heavy atom. The van der Waals surface area contributed by atoms with Gasteiger partial charge < -0.3 is 20.4 Å². The summed E-state index contributed by atoms with van der Waals surface area (Å²) >= 11 is 3.26. The maximum Gasteiger partial charge on any atom is 0.266 e. The number of hydrogen-bond donors (Lipinski definition) is 3. The summed E-state index contributed by atoms with van der Waals surface area (Å²) in [6.45, 7) is 3.51. The molecule has 0 spiro atoms. The summed E-state index contributed by atoms with van der Waals surface area (Å²) in [6.07, 6.45) is 5.14. The van der Waals surface area contributed by atoms with Gasteiger partial charge in [-0.25, -0.2) is 8.78 Å². The largest absolute Gasteiger partial charge is 0.487 e. The van der Waals surface area contributed by atoms with Crippen LogP contribution in [0.15, 0.2) is 39.9 Å². The highest BCUT2D eigenvalue weighted by Gasteiger charge is 2.21. The van der Waals surface area contributed by atoms with Crippen molar-refractivity contribution < 1.29 is 18.3 Å². The molecule has 3 heterocycles. The molecule has 0 saturated carbocycles. The normalized spacial score (nSPS) is 13.6. The molecule has 1 aliphatic heterocycles. The third-order valence-corrected chi connectivity index (χ3v) is 6.80. The number of nitrogens with zero attached hydrogens (tertiary/aromatic N) is 2. The van der Waals surface area contributed by atoms with Gasteiger partial charge in [-0.1, -0.05) is 0 Å². The molecule has 0 atom stereocenters. The molecule has 0 radical (unpaired) electrons. The fraction of sp³-hybridized carbons (Fsp3) is 0.360. The van der Waals surface area contributed by atoms with Crippen molar-refractivity contribution in [1.29, 1.82) is 0 Å². The van der Waals surface area contributed by atoms with Crippen molar-refractivity contribution in [1.82, 2.24) is 25.6 Å². The second kappa shape index (κ2) is 13.1. The molecule has 37 heavy (non-hydrogen) atoms. The van der Waals surface area contributed by atoms with Gasteiger partial charge in [0.25, 0.3) is 5.56 Å². The topological polar surface area (TPSA) is 109 Å². The second-order valence-corrected chi connectivity index (χ2v) is 9.44. The van der Waals surface area contributed by atoms with E-state index in [4.69, 9.17) is 4.74 Å². The molecule has 3 aromatic rings. The van der Waals surface area contributed by atoms with Crippen LogP contribution in [-0.4, -0.2) is 33.9 Å². The molecule has 0 aliphatic carbocycles. The molecule has 2 aromatic heterocycles. The predicted octanol–water partition coefficient (Wildman–Crippen LogP) is 3.72. The number of pyridine rings is 1. The van der Waals surface area contributed by atoms with Gasteiger partial charge in [0.15, 0.2) is 0 Å². The lowest BCUT2D eigenvalue weighted by Gasteiger charge is -2.21. The van der Waals surface area contributed by atoms with E-state index in [0.29, 0.717) is 22.6 Å². The quantitative estimate of drug-likeness (QED) is 0.365. The average molecular weight is 599 g/mol. The minimum absolute atomic E-state index is 0. The maximum atomic E-state index is 14.1. The molecule has 0 unspecified atom stereocenters. The summed E-state index contributed by atoms with van der Waals surface area (Å²) in [7, 11) is 0. The van der Waals surface area contributed by atoms with E-state index in [1.165, 1.54) is 6.07 Å². The molecule has 1 fully saturated rings. The molecule has 1 saturated heterocycles. The summed E-state index contributed by atoms with van der Waals surface area (Å²) in [5.74, 6) is -1.13. The predicted molar refractivity (Wildman–Crippen MR) is 140 cm³/mol. The molecule has 3 N–H and O–H groups in total. The highest BCUT2D eigenvalue weighted by Crippen LogP contribution is 2.30. The van der Waals surface area contributed by atoms with Crippen molar-refractivity contribution in [3.8, 4) is 5.75 Å². The highest BCUT2D eigenvalue weighted by atomic mass is 79.9. The van der Waals surface area contributed by atoms with Gasteiger partial charge in [-0.15, -0.1) is 12.4 Å². The maximum absolute atomic E-state index is 14.1. The monoisotopic (exact) mass is 597 g/mol. The number of hydrogen-bond acceptors (Lipinski definition) is 6. The Bertz CT molecular complexity index is 1300. The van der Waals surface area contributed by atoms with E-state index in [1.54, 1.807) is 19.3 Å². The minimum atomic E-state index is -0.733. The number of amides is 1. The molecule has 0 bridgehead atoms. The van der Waals surface area contributed by atoms with E-state index in [2.05, 4.69) is 41.5 Å². The molecule has 1 amide bonds. The zero-order valence-corrected chi connectivity index (χ0v) is 22.5. The van der Waals surface area contributed by atoms with E-state index in [9.17, 15) is 18.4 Å². The van der Waals surface area contributed by atoms with Crippen molar-refractivity contribution in [3.63, 3.8) is 0 Å². The second-order valence-electron chi connectivity index (χ2n) is 8.64. The number of ether oxygens (including phenoxy) is 1. The number of carbonyl (C=O) groups is 1. The Hall–Kier alpha value is -2.89. The Labute approximate surface area is 227 Å². The average Bonchev–Trinajstić information content (AvgIpc) is 2.88. The molecule has 8 nitrogen and oxygen atoms in total. The summed E-state index contributed by atoms with van der Waals surface area (Å²) in [5.41, 5.74) is 2.22. The number of aryl methyl sites for hydroxylation is 1. The fourth-order valence-electron chi connectivity index (χ4n) is 4.01. The number of benzene rings is 1. The van der Waals surface area contributed by atoms with Crippen molar-refractivity contribution in [2.45, 2.75) is 39.3 Å². The van der Waals surface area contributed by atoms with Gasteiger partial charge in [0.1, 0.15) is 28.5 Å². The number of carbonyl (C=O) groups excluding carboxylic acids is 1. The van der Waals surface area contributed by atoms with Crippen molar-refractivity contribution in [2.24, 2.45) is 5.92 Å². The molecule has 1 aromatic carbocycles. The molecule has 12 heteroatoms. The first kappa shape index (κ1) is 28.7. The van der Waals surface area contributed by atoms with Gasteiger partial charge in [-0.2, -0.15) is 0 Å². The van der Waals surface area contributed by atoms with Crippen molar-refractivity contribution in [3.05, 3.63) is 85.3 Å². The zero-order valence-electron chi connectivity index (χ0n) is 20.1. The molecular weight excluding hydrogens is 572 g/mol. The summed E-state index contributed by atoms with van der Waals surface area (Å²) in [5, 5.41) is 6.16. The Kier molecular flexibility index (Phi) is 10.1. The van der Waals surface area contributed by atoms with E-state index in [1.807, 2.05) is 0 Å². The number of nitrogens with one attached hydrogen (secondary N) is 3. The number of halogens is 4. The highest BCUT2D eigenvalue weighted by molar-refractivity contribution is 9.10. The number of piperidine rings is 1. The standard InChI is InChI=1S/C25H26BrF2N5O3.ClH/c1-14-20(23(22(26)25(35)33-14)36-13-16-2-3-17(27)8-21(16)28)9-18-10-31-19(11-30-18)12-32-24(34)15-4-6-29-7-5-15;/h2-3,8,10-11,15,29H,4-7,9,12-13H2,1H3,(H,32,34)(H,33,35);1H. The van der Waals surface area contributed by atoms with Gasteiger partial charge >= 0.3 is 0 Å². The van der Waals surface area contributed by atoms with Crippen molar-refractivity contribution >= 4 is 34.2 Å². The lowest BCUT2D eigenvalue weighted by atomic mass is 9.97. The third-order valence-electron chi connectivity index (χ3n) is 6.08. The Morgan fingerprint density at radius 3 is 2.57 bits per heavy atom. The Balaban J connectivity index is 0.00000380. The summed E-state index contributed by atoms with van der Waals surface area (Å²) in [6, 6.07) is 3.22. The number of aromatic amines is 1. The van der Waals surface area contributed by atoms with Gasteiger partial charge in [-0.3, -0.25) is 19.6 Å². The van der Waals surface area contributed by atoms with Crippen molar-refractivity contribution in [2.75, 3.05) is 13.1 Å². The number of aromatic nitrogens is 3. The van der Waals surface area contributed by atoms with Crippen LogP contribution >= 0.6 is 28.3 Å². The van der Waals surface area contributed by atoms with Gasteiger partial charge in [0.2, 0.25) is 5.91 Å². The summed E-state index contributed by atoms with van der Waals surface area (Å²) in [4.78, 5) is 36.3. The van der Waals surface area contributed by atoms with E-state index < -0.39 is 17.2 Å². The van der Waals surface area contributed by atoms with Crippen LogP contribution in [0.25, 0.3) is 0 Å². The first-order valence-corrected chi connectivity index (χ1v) is 12.4. The van der Waals surface area contributed by atoms with E-state index >= 15 is 0 Å². The van der Waals surface area contributed by atoms with Crippen LogP contribution in [0.1, 0.15) is 41.1 Å². The van der Waals surface area contributed by atoms with E-state index in [0.717, 1.165) is 38.1 Å². The van der Waals surface area contributed by atoms with Crippen LogP contribution in [0.4, 0.5) is 8.78 Å². The lowest BCUT2D eigenvalue weighted by Crippen LogP contribution is -2.38. The van der Waals surface area contributed by atoms with Crippen LogP contribution in [-0.2, 0) is 24.4 Å². The van der Waals surface area contributed by atoms with Gasteiger partial charge in [-0.05, 0) is 60.9 Å². The van der Waals surface area contributed by atoms with Crippen LogP contribution < -0.4 is 20.9 Å². The zero-order chi connectivity index (χ0) is 25.7. The molecule has 198 valence electrons. The molecule has 1 aliphatic rings. The van der Waals surface area contributed by atoms with Crippen LogP contribution in [0.2, 0.25) is 0 Å². The first-order chi connectivity index (χ1) is 17.3. The summed E-state index contributed by atoms with van der Waals surface area (Å²) < 4.78 is 33.3. The van der Waals surface area contributed by atoms with Crippen LogP contribution in [0.5, 0.6) is 5.75 Å². The molecule has 4 rings (SSSR count). The fourth-order valence-corrected chi connectivity index (χ4v) is 4.46. The Morgan fingerprint density at radius 2 is 1.89 bits per heavy atom. The smallest absolute Gasteiger partial charge is 0.266 e. The number of rotatable bonds is 8. The van der Waals surface area contributed by atoms with E-state index in [-0.39, 0.29) is 59.6 Å². The third kappa shape index (κ3) is 7.33. The first-order valence-electron chi connectivity index (χ1n) is 11.6. The van der Waals surface area contributed by atoms with Crippen LogP contribution in [0.3, 0.4) is 0 Å². The minimum Gasteiger partial charge on any atom is -0.487 e. The van der Waals surface area contributed by atoms with Crippen LogP contribution in [0, 0.1) is 24.5 Å². The lowest BCUT2D eigenvalue weighted by molar-refractivity contribution is -0.125. The molecular formula is C25H27BrClF2N5O3. The van der Waals surface area contributed by atoms with Gasteiger partial charge in [0, 0.05) is 41.4 Å². The van der Waals surface area contributed by atoms with Gasteiger partial charge in [0.05, 0.1) is 24.1 Å².